The van der Waals surface area contributed by atoms with Gasteiger partial charge in [-0.05, 0) is 52.9 Å². The second kappa shape index (κ2) is 5.27. The molecule has 2 aromatic carbocycles. The van der Waals surface area contributed by atoms with Gasteiger partial charge in [-0.2, -0.15) is 5.26 Å². The molecule has 18 heavy (non-hydrogen) atoms. The smallest absolute Gasteiger partial charge is 0.101 e. The van der Waals surface area contributed by atoms with E-state index in [1.807, 2.05) is 54.4 Å². The lowest BCUT2D eigenvalue weighted by atomic mass is 10.1. The Balaban J connectivity index is 2.48. The van der Waals surface area contributed by atoms with Crippen LogP contribution in [0, 0.1) is 14.9 Å². The standard InChI is InChI=1S/C14H12IN3/c1-18(13-5-3-2-4-10(13)9-16)14-7-6-11(17)8-12(14)15/h2-8H,17H2,1H3. The molecule has 0 fully saturated rings. The summed E-state index contributed by atoms with van der Waals surface area (Å²) in [6.07, 6.45) is 0. The van der Waals surface area contributed by atoms with E-state index in [-0.39, 0.29) is 0 Å². The van der Waals surface area contributed by atoms with Gasteiger partial charge in [0.15, 0.2) is 0 Å². The van der Waals surface area contributed by atoms with Gasteiger partial charge in [0, 0.05) is 16.3 Å². The third-order valence-corrected chi connectivity index (χ3v) is 3.58. The molecule has 2 rings (SSSR count). The summed E-state index contributed by atoms with van der Waals surface area (Å²) in [5.41, 5.74) is 9.07. The molecule has 0 aliphatic rings. The molecule has 2 N–H and O–H groups in total. The van der Waals surface area contributed by atoms with E-state index in [0.717, 1.165) is 20.6 Å². The Morgan fingerprint density at radius 3 is 2.56 bits per heavy atom. The van der Waals surface area contributed by atoms with E-state index in [2.05, 4.69) is 28.7 Å². The molecule has 4 heteroatoms. The summed E-state index contributed by atoms with van der Waals surface area (Å²) in [7, 11) is 1.95. The highest BCUT2D eigenvalue weighted by atomic mass is 127. The molecule has 0 aliphatic carbocycles. The Bertz CT molecular complexity index is 617. The van der Waals surface area contributed by atoms with Crippen LogP contribution in [0.1, 0.15) is 5.56 Å². The molecule has 0 saturated carbocycles. The fraction of sp³-hybridized carbons (Fsp3) is 0.0714. The summed E-state index contributed by atoms with van der Waals surface area (Å²) in [6, 6.07) is 15.5. The van der Waals surface area contributed by atoms with E-state index in [0.29, 0.717) is 5.56 Å². The number of nitrogens with two attached hydrogens (primary N) is 1. The second-order valence-electron chi connectivity index (χ2n) is 3.90. The van der Waals surface area contributed by atoms with Crippen LogP contribution < -0.4 is 10.6 Å². The summed E-state index contributed by atoms with van der Waals surface area (Å²) in [5.74, 6) is 0. The summed E-state index contributed by atoms with van der Waals surface area (Å²) >= 11 is 2.25. The Hall–Kier alpha value is -1.74. The fourth-order valence-corrected chi connectivity index (χ4v) is 2.69. The largest absolute Gasteiger partial charge is 0.399 e. The Labute approximate surface area is 120 Å². The normalized spacial score (nSPS) is 9.83. The molecule has 0 unspecified atom stereocenters. The van der Waals surface area contributed by atoms with E-state index < -0.39 is 0 Å². The van der Waals surface area contributed by atoms with Gasteiger partial charge in [-0.15, -0.1) is 0 Å². The van der Waals surface area contributed by atoms with Gasteiger partial charge >= 0.3 is 0 Å². The minimum Gasteiger partial charge on any atom is -0.399 e. The number of anilines is 3. The third-order valence-electron chi connectivity index (χ3n) is 2.72. The first-order valence-electron chi connectivity index (χ1n) is 5.41. The van der Waals surface area contributed by atoms with Crippen LogP contribution in [0.5, 0.6) is 0 Å². The van der Waals surface area contributed by atoms with Crippen LogP contribution in [0.4, 0.5) is 17.1 Å². The summed E-state index contributed by atoms with van der Waals surface area (Å²) in [5, 5.41) is 9.13. The van der Waals surface area contributed by atoms with Gasteiger partial charge in [-0.25, -0.2) is 0 Å². The number of nitrogen functional groups attached to an aromatic ring is 1. The van der Waals surface area contributed by atoms with Crippen LogP contribution in [0.2, 0.25) is 0 Å². The number of nitrogens with zero attached hydrogens (tertiary/aromatic N) is 2. The van der Waals surface area contributed by atoms with Crippen molar-refractivity contribution in [3.8, 4) is 6.07 Å². The zero-order valence-electron chi connectivity index (χ0n) is 9.89. The SMILES string of the molecule is CN(c1ccc(N)cc1I)c1ccccc1C#N. The van der Waals surface area contributed by atoms with Crippen molar-refractivity contribution in [3.05, 3.63) is 51.6 Å². The molecule has 0 aromatic heterocycles. The van der Waals surface area contributed by atoms with Crippen molar-refractivity contribution in [2.24, 2.45) is 0 Å². The van der Waals surface area contributed by atoms with Crippen molar-refractivity contribution >= 4 is 39.7 Å². The van der Waals surface area contributed by atoms with Gasteiger partial charge < -0.3 is 10.6 Å². The number of nitriles is 1. The van der Waals surface area contributed by atoms with E-state index in [1.54, 1.807) is 0 Å². The lowest BCUT2D eigenvalue weighted by Gasteiger charge is -2.22. The van der Waals surface area contributed by atoms with Crippen molar-refractivity contribution in [2.75, 3.05) is 17.7 Å². The molecule has 0 amide bonds. The zero-order chi connectivity index (χ0) is 13.1. The molecule has 0 bridgehead atoms. The first-order valence-corrected chi connectivity index (χ1v) is 6.49. The average molecular weight is 349 g/mol. The molecular formula is C14H12IN3. The van der Waals surface area contributed by atoms with E-state index >= 15 is 0 Å². The first kappa shape index (κ1) is 12.7. The van der Waals surface area contributed by atoms with E-state index in [1.165, 1.54) is 0 Å². The minimum absolute atomic E-state index is 0.660. The van der Waals surface area contributed by atoms with Crippen LogP contribution in [0.25, 0.3) is 0 Å². The summed E-state index contributed by atoms with van der Waals surface area (Å²) in [4.78, 5) is 2.00. The quantitative estimate of drug-likeness (QED) is 0.667. The van der Waals surface area contributed by atoms with Gasteiger partial charge in [0.25, 0.3) is 0 Å². The van der Waals surface area contributed by atoms with Crippen LogP contribution in [-0.4, -0.2) is 7.05 Å². The summed E-state index contributed by atoms with van der Waals surface area (Å²) < 4.78 is 1.06. The van der Waals surface area contributed by atoms with Gasteiger partial charge in [-0.1, -0.05) is 12.1 Å². The van der Waals surface area contributed by atoms with Crippen molar-refractivity contribution in [3.63, 3.8) is 0 Å². The molecule has 0 saturated heterocycles. The molecule has 2 aromatic rings. The first-order chi connectivity index (χ1) is 8.63. The van der Waals surface area contributed by atoms with Gasteiger partial charge in [0.05, 0.1) is 16.9 Å². The predicted molar refractivity (Wildman–Crippen MR) is 82.8 cm³/mol. The topological polar surface area (TPSA) is 53.0 Å². The van der Waals surface area contributed by atoms with Crippen molar-refractivity contribution in [2.45, 2.75) is 0 Å². The highest BCUT2D eigenvalue weighted by Crippen LogP contribution is 2.31. The van der Waals surface area contributed by atoms with Crippen LogP contribution >= 0.6 is 22.6 Å². The van der Waals surface area contributed by atoms with E-state index in [9.17, 15) is 0 Å². The monoisotopic (exact) mass is 349 g/mol. The maximum atomic E-state index is 9.13. The lowest BCUT2D eigenvalue weighted by molar-refractivity contribution is 1.19. The predicted octanol–water partition coefficient (Wildman–Crippen LogP) is 3.51. The molecule has 0 aliphatic heterocycles. The maximum absolute atomic E-state index is 9.13. The highest BCUT2D eigenvalue weighted by molar-refractivity contribution is 14.1. The number of rotatable bonds is 2. The molecule has 0 radical (unpaired) electrons. The zero-order valence-corrected chi connectivity index (χ0v) is 12.0. The third kappa shape index (κ3) is 2.41. The second-order valence-corrected chi connectivity index (χ2v) is 5.06. The Morgan fingerprint density at radius 1 is 1.17 bits per heavy atom. The van der Waals surface area contributed by atoms with Crippen LogP contribution in [0.3, 0.4) is 0 Å². The number of hydrogen-bond acceptors (Lipinski definition) is 3. The molecule has 90 valence electrons. The van der Waals surface area contributed by atoms with Gasteiger partial charge in [0.1, 0.15) is 6.07 Å². The van der Waals surface area contributed by atoms with Crippen molar-refractivity contribution in [1.82, 2.24) is 0 Å². The lowest BCUT2D eigenvalue weighted by Crippen LogP contribution is -2.12. The average Bonchev–Trinajstić information content (AvgIpc) is 2.38. The van der Waals surface area contributed by atoms with Gasteiger partial charge in [-0.3, -0.25) is 0 Å². The molecule has 0 spiro atoms. The van der Waals surface area contributed by atoms with Crippen LogP contribution in [0.15, 0.2) is 42.5 Å². The highest BCUT2D eigenvalue weighted by Gasteiger charge is 2.11. The summed E-state index contributed by atoms with van der Waals surface area (Å²) in [6.45, 7) is 0. The Morgan fingerprint density at radius 2 is 1.89 bits per heavy atom. The van der Waals surface area contributed by atoms with Crippen LogP contribution in [-0.2, 0) is 0 Å². The van der Waals surface area contributed by atoms with Crippen molar-refractivity contribution in [1.29, 1.82) is 5.26 Å². The number of hydrogen-bond donors (Lipinski definition) is 1. The van der Waals surface area contributed by atoms with Gasteiger partial charge in [0.2, 0.25) is 0 Å². The molecule has 3 nitrogen and oxygen atoms in total. The number of halogens is 1. The molecular weight excluding hydrogens is 337 g/mol. The number of para-hydroxylation sites is 1. The number of benzene rings is 2. The van der Waals surface area contributed by atoms with Crippen molar-refractivity contribution < 1.29 is 0 Å². The Kier molecular flexibility index (Phi) is 3.72. The minimum atomic E-state index is 0.660. The molecule has 0 heterocycles. The maximum Gasteiger partial charge on any atom is 0.101 e. The molecule has 0 atom stereocenters. The fourth-order valence-electron chi connectivity index (χ4n) is 1.79. The van der Waals surface area contributed by atoms with E-state index in [4.69, 9.17) is 11.0 Å².